The zero-order valence-corrected chi connectivity index (χ0v) is 17.6. The first kappa shape index (κ1) is 24.4. The van der Waals surface area contributed by atoms with Gasteiger partial charge in [-0.1, -0.05) is 49.6 Å². The lowest BCUT2D eigenvalue weighted by atomic mass is 9.97. The maximum Gasteiger partial charge on any atom is 0.306 e. The molecule has 0 aliphatic heterocycles. The van der Waals surface area contributed by atoms with Crippen molar-refractivity contribution in [2.75, 3.05) is 6.61 Å². The van der Waals surface area contributed by atoms with Crippen LogP contribution in [0.15, 0.2) is 66.8 Å². The molecule has 0 radical (unpaired) electrons. The number of hydrogen-bond acceptors (Lipinski definition) is 3. The lowest BCUT2D eigenvalue weighted by Gasteiger charge is -2.13. The second-order valence-electron chi connectivity index (χ2n) is 7.40. The first-order valence-electron chi connectivity index (χ1n) is 10.7. The van der Waals surface area contributed by atoms with Gasteiger partial charge in [-0.15, -0.1) is 0 Å². The number of rotatable bonds is 15. The molecule has 1 atom stereocenters. The predicted molar refractivity (Wildman–Crippen MR) is 116 cm³/mol. The Hall–Kier alpha value is -2.89. The van der Waals surface area contributed by atoms with Gasteiger partial charge >= 0.3 is 5.97 Å². The van der Waals surface area contributed by atoms with E-state index in [0.717, 1.165) is 36.7 Å². The van der Waals surface area contributed by atoms with Crippen LogP contribution in [0.3, 0.4) is 0 Å². The molecule has 0 bridgehead atoms. The molecular weight excluding hydrogens is 402 g/mol. The number of aliphatic carboxylic acids is 1. The van der Waals surface area contributed by atoms with E-state index in [1.807, 2.05) is 54.6 Å². The molecule has 0 amide bonds. The minimum absolute atomic E-state index is 0.321. The summed E-state index contributed by atoms with van der Waals surface area (Å²) in [6, 6.07) is 17.2. The number of halogens is 2. The van der Waals surface area contributed by atoms with Crippen LogP contribution < -0.4 is 9.47 Å². The highest BCUT2D eigenvalue weighted by atomic mass is 19.3. The number of hydrogen-bond donors (Lipinski definition) is 1. The van der Waals surface area contributed by atoms with Crippen LogP contribution >= 0.6 is 0 Å². The lowest BCUT2D eigenvalue weighted by molar-refractivity contribution is -0.142. The average molecular weight is 433 g/mol. The number of unbranched alkanes of at least 4 members (excludes halogenated alkanes) is 4. The van der Waals surface area contributed by atoms with Gasteiger partial charge in [0.05, 0.1) is 12.5 Å². The van der Waals surface area contributed by atoms with E-state index < -0.39 is 18.0 Å². The zero-order valence-electron chi connectivity index (χ0n) is 17.6. The number of benzene rings is 2. The van der Waals surface area contributed by atoms with Crippen LogP contribution in [0, 0.1) is 5.92 Å². The fourth-order valence-corrected chi connectivity index (χ4v) is 3.18. The standard InChI is InChI=1S/C25H30F2O4/c26-24(27)12-8-3-1-2-7-11-21(25(28)29)17-18-30-22-13-15-23(16-14-22)31-19-20-9-5-4-6-10-20/h4-6,9-10,12-16,21H,1-3,7-8,11,17-19H2,(H,28,29). The van der Waals surface area contributed by atoms with E-state index in [0.29, 0.717) is 44.6 Å². The SMILES string of the molecule is O=C(O)C(CCCCCCC=C(F)F)CCOc1ccc(OCc2ccccc2)cc1. The van der Waals surface area contributed by atoms with Gasteiger partial charge in [0.2, 0.25) is 0 Å². The van der Waals surface area contributed by atoms with Crippen LogP contribution in [0.4, 0.5) is 8.78 Å². The van der Waals surface area contributed by atoms with Gasteiger partial charge < -0.3 is 14.6 Å². The van der Waals surface area contributed by atoms with E-state index in [9.17, 15) is 18.7 Å². The molecule has 168 valence electrons. The Morgan fingerprint density at radius 1 is 0.871 bits per heavy atom. The quantitative estimate of drug-likeness (QED) is 0.313. The van der Waals surface area contributed by atoms with E-state index >= 15 is 0 Å². The molecule has 0 spiro atoms. The van der Waals surface area contributed by atoms with E-state index in [1.165, 1.54) is 0 Å². The molecule has 1 N–H and O–H groups in total. The first-order chi connectivity index (χ1) is 15.0. The molecule has 0 saturated heterocycles. The fraction of sp³-hybridized carbons (Fsp3) is 0.400. The van der Waals surface area contributed by atoms with Gasteiger partial charge in [0.1, 0.15) is 18.1 Å². The summed E-state index contributed by atoms with van der Waals surface area (Å²) in [5, 5.41) is 9.40. The molecule has 0 heterocycles. The van der Waals surface area contributed by atoms with Gasteiger partial charge in [0, 0.05) is 0 Å². The van der Waals surface area contributed by atoms with Crippen LogP contribution in [0.5, 0.6) is 11.5 Å². The van der Waals surface area contributed by atoms with Gasteiger partial charge in [-0.25, -0.2) is 0 Å². The molecule has 2 aromatic carbocycles. The zero-order chi connectivity index (χ0) is 22.3. The number of carboxylic acids is 1. The van der Waals surface area contributed by atoms with Crippen LogP contribution in [0.1, 0.15) is 50.5 Å². The Bertz CT molecular complexity index is 787. The largest absolute Gasteiger partial charge is 0.494 e. The van der Waals surface area contributed by atoms with Gasteiger partial charge in [-0.3, -0.25) is 4.79 Å². The number of ether oxygens (including phenoxy) is 2. The summed E-state index contributed by atoms with van der Waals surface area (Å²) in [6.07, 6.45) is 3.79. The maximum atomic E-state index is 11.9. The van der Waals surface area contributed by atoms with Crippen molar-refractivity contribution < 1.29 is 28.2 Å². The molecule has 1 unspecified atom stereocenters. The summed E-state index contributed by atoms with van der Waals surface area (Å²) >= 11 is 0. The summed E-state index contributed by atoms with van der Waals surface area (Å²) in [6.45, 7) is 0.812. The fourth-order valence-electron chi connectivity index (χ4n) is 3.18. The van der Waals surface area contributed by atoms with Crippen LogP contribution in [-0.4, -0.2) is 17.7 Å². The van der Waals surface area contributed by atoms with Gasteiger partial charge in [-0.05, 0) is 61.6 Å². The molecule has 6 heteroatoms. The molecule has 31 heavy (non-hydrogen) atoms. The van der Waals surface area contributed by atoms with Gasteiger partial charge in [-0.2, -0.15) is 8.78 Å². The minimum Gasteiger partial charge on any atom is -0.494 e. The van der Waals surface area contributed by atoms with Crippen molar-refractivity contribution in [2.24, 2.45) is 5.92 Å². The van der Waals surface area contributed by atoms with Crippen molar-refractivity contribution in [3.63, 3.8) is 0 Å². The summed E-state index contributed by atoms with van der Waals surface area (Å²) in [5.41, 5.74) is 1.09. The van der Waals surface area contributed by atoms with Crippen molar-refractivity contribution in [3.05, 3.63) is 72.3 Å². The van der Waals surface area contributed by atoms with Crippen molar-refractivity contribution in [1.29, 1.82) is 0 Å². The van der Waals surface area contributed by atoms with Gasteiger partial charge in [0.25, 0.3) is 6.08 Å². The third kappa shape index (κ3) is 10.6. The molecule has 0 aromatic heterocycles. The van der Waals surface area contributed by atoms with E-state index in [-0.39, 0.29) is 0 Å². The summed E-state index contributed by atoms with van der Waals surface area (Å²) in [7, 11) is 0. The molecule has 2 rings (SSSR count). The Kier molecular flexibility index (Phi) is 11.1. The summed E-state index contributed by atoms with van der Waals surface area (Å²) < 4.78 is 35.3. The maximum absolute atomic E-state index is 11.9. The average Bonchev–Trinajstić information content (AvgIpc) is 2.77. The Morgan fingerprint density at radius 3 is 2.16 bits per heavy atom. The second kappa shape index (κ2) is 14.2. The molecule has 0 saturated carbocycles. The Morgan fingerprint density at radius 2 is 1.52 bits per heavy atom. The summed E-state index contributed by atoms with van der Waals surface area (Å²) in [5.74, 6) is 0.126. The van der Waals surface area contributed by atoms with Crippen molar-refractivity contribution in [3.8, 4) is 11.5 Å². The topological polar surface area (TPSA) is 55.8 Å². The van der Waals surface area contributed by atoms with Crippen molar-refractivity contribution in [1.82, 2.24) is 0 Å². The number of carboxylic acid groups (broad SMARTS) is 1. The van der Waals surface area contributed by atoms with Crippen molar-refractivity contribution in [2.45, 2.75) is 51.6 Å². The molecule has 0 aliphatic rings. The van der Waals surface area contributed by atoms with E-state index in [1.54, 1.807) is 0 Å². The van der Waals surface area contributed by atoms with E-state index in [2.05, 4.69) is 0 Å². The lowest BCUT2D eigenvalue weighted by Crippen LogP contribution is -2.17. The summed E-state index contributed by atoms with van der Waals surface area (Å²) in [4.78, 5) is 11.5. The van der Waals surface area contributed by atoms with E-state index in [4.69, 9.17) is 9.47 Å². The van der Waals surface area contributed by atoms with Crippen molar-refractivity contribution >= 4 is 5.97 Å². The van der Waals surface area contributed by atoms with Gasteiger partial charge in [0.15, 0.2) is 0 Å². The van der Waals surface area contributed by atoms with Crippen LogP contribution in [0.25, 0.3) is 0 Å². The minimum atomic E-state index is -1.64. The molecular formula is C25H30F2O4. The first-order valence-corrected chi connectivity index (χ1v) is 10.7. The number of allylic oxidation sites excluding steroid dienone is 1. The number of carbonyl (C=O) groups is 1. The highest BCUT2D eigenvalue weighted by Crippen LogP contribution is 2.21. The third-order valence-corrected chi connectivity index (χ3v) is 4.96. The monoisotopic (exact) mass is 432 g/mol. The smallest absolute Gasteiger partial charge is 0.306 e. The Balaban J connectivity index is 1.63. The molecule has 0 fully saturated rings. The predicted octanol–water partition coefficient (Wildman–Crippen LogP) is 6.86. The van der Waals surface area contributed by atoms with Crippen LogP contribution in [-0.2, 0) is 11.4 Å². The highest BCUT2D eigenvalue weighted by Gasteiger charge is 2.17. The second-order valence-corrected chi connectivity index (χ2v) is 7.40. The van der Waals surface area contributed by atoms with Crippen LogP contribution in [0.2, 0.25) is 0 Å². The highest BCUT2D eigenvalue weighted by molar-refractivity contribution is 5.69. The molecule has 4 nitrogen and oxygen atoms in total. The molecule has 2 aromatic rings. The third-order valence-electron chi connectivity index (χ3n) is 4.96. The normalized spacial score (nSPS) is 11.5. The molecule has 0 aliphatic carbocycles. The Labute approximate surface area is 182 Å².